The van der Waals surface area contributed by atoms with Gasteiger partial charge in [-0.15, -0.1) is 0 Å². The Morgan fingerprint density at radius 2 is 0.820 bits per heavy atom. The third kappa shape index (κ3) is 9.17. The first-order valence-corrected chi connectivity index (χ1v) is 18.0. The van der Waals surface area contributed by atoms with Crippen molar-refractivity contribution >= 4 is 35.2 Å². The van der Waals surface area contributed by atoms with Gasteiger partial charge in [-0.2, -0.15) is 0 Å². The molecule has 12 heteroatoms. The van der Waals surface area contributed by atoms with Crippen LogP contribution in [0.2, 0.25) is 0 Å². The van der Waals surface area contributed by atoms with Gasteiger partial charge >= 0.3 is 0 Å². The Morgan fingerprint density at radius 1 is 0.500 bits per heavy atom. The van der Waals surface area contributed by atoms with Crippen molar-refractivity contribution in [2.75, 3.05) is 65.4 Å². The molecule has 50 heavy (non-hydrogen) atoms. The largest absolute Gasteiger partial charge is 0.339 e. The highest BCUT2D eigenvalue weighted by molar-refractivity contribution is 6.21. The molecule has 2 aliphatic carbocycles. The second-order valence-corrected chi connectivity index (χ2v) is 13.8. The molecule has 12 nitrogen and oxygen atoms in total. The van der Waals surface area contributed by atoms with E-state index < -0.39 is 23.4 Å². The molecule has 0 atom stereocenters. The van der Waals surface area contributed by atoms with Crippen LogP contribution < -0.4 is 11.5 Å². The highest BCUT2D eigenvalue weighted by atomic mass is 16.2. The highest BCUT2D eigenvalue weighted by Crippen LogP contribution is 2.31. The molecule has 4 aliphatic rings. The van der Waals surface area contributed by atoms with Crippen LogP contribution in [0.4, 0.5) is 0 Å². The van der Waals surface area contributed by atoms with Crippen LogP contribution in [0.3, 0.4) is 0 Å². The number of nitrogens with zero attached hydrogens (tertiary/aromatic N) is 4. The van der Waals surface area contributed by atoms with Crippen LogP contribution in [0, 0.1) is 47.4 Å². The number of carbonyl (C=O) groups excluding carboxylic acids is 6. The Balaban J connectivity index is 1.10. The van der Waals surface area contributed by atoms with Gasteiger partial charge in [0.1, 0.15) is 0 Å². The molecule has 2 heterocycles. The molecule has 0 radical (unpaired) electrons. The van der Waals surface area contributed by atoms with Crippen molar-refractivity contribution in [3.63, 3.8) is 0 Å². The topological polar surface area (TPSA) is 167 Å². The molecule has 4 fully saturated rings. The molecular weight excluding hydrogens is 636 g/mol. The van der Waals surface area contributed by atoms with Crippen LogP contribution in [0.15, 0.2) is 24.3 Å². The summed E-state index contributed by atoms with van der Waals surface area (Å²) >= 11 is 0. The Morgan fingerprint density at radius 3 is 1.14 bits per heavy atom. The maximum atomic E-state index is 13.0. The van der Waals surface area contributed by atoms with Crippen LogP contribution in [-0.4, -0.2) is 120 Å². The number of ketones is 2. The van der Waals surface area contributed by atoms with Crippen molar-refractivity contribution in [3.05, 3.63) is 35.4 Å². The van der Waals surface area contributed by atoms with Crippen LogP contribution in [0.1, 0.15) is 72.1 Å². The summed E-state index contributed by atoms with van der Waals surface area (Å²) in [7, 11) is 0. The number of piperazine rings is 2. The van der Waals surface area contributed by atoms with Crippen molar-refractivity contribution in [3.8, 4) is 23.7 Å². The highest BCUT2D eigenvalue weighted by Gasteiger charge is 2.33. The number of nitrogens with two attached hydrogens (primary N) is 2. The van der Waals surface area contributed by atoms with Gasteiger partial charge < -0.3 is 31.1 Å². The maximum absolute atomic E-state index is 13.0. The third-order valence-corrected chi connectivity index (χ3v) is 10.8. The van der Waals surface area contributed by atoms with Crippen molar-refractivity contribution < 1.29 is 28.8 Å². The van der Waals surface area contributed by atoms with E-state index in [9.17, 15) is 28.8 Å². The molecule has 266 valence electrons. The minimum Gasteiger partial charge on any atom is -0.339 e. The SMILES string of the molecule is NCC1CCC(C(=O)N2CCN(C(=O)C#CC(=O)c3ccccc3C(=O)C#CC(=O)N3CCN(C(=O)C4CCC(CN)CC4)CC3)CC2)CC1. The zero-order chi connectivity index (χ0) is 35.6. The van der Waals surface area contributed by atoms with E-state index >= 15 is 0 Å². The average molecular weight is 685 g/mol. The minimum absolute atomic E-state index is 0.00693. The van der Waals surface area contributed by atoms with Gasteiger partial charge in [0.15, 0.2) is 0 Å². The molecule has 0 bridgehead atoms. The normalized spacial score (nSPS) is 23.9. The summed E-state index contributed by atoms with van der Waals surface area (Å²) < 4.78 is 0. The molecule has 2 saturated heterocycles. The maximum Gasteiger partial charge on any atom is 0.299 e. The number of Topliss-reactive ketones (excluding diaryl/α,β-unsaturated/α-hetero) is 2. The summed E-state index contributed by atoms with van der Waals surface area (Å²) in [5.41, 5.74) is 11.5. The zero-order valence-corrected chi connectivity index (χ0v) is 28.7. The molecule has 2 aliphatic heterocycles. The first kappa shape index (κ1) is 36.8. The van der Waals surface area contributed by atoms with Gasteiger partial charge in [-0.05, 0) is 100 Å². The quantitative estimate of drug-likeness (QED) is 0.254. The fraction of sp³-hybridized carbons (Fsp3) is 0.579. The Hall–Kier alpha value is -4.52. The molecule has 0 aromatic heterocycles. The lowest BCUT2D eigenvalue weighted by atomic mass is 9.81. The standard InChI is InChI=1S/C38H48N6O6/c39-25-27-5-9-29(10-6-27)37(49)43-21-17-41(18-22-43)35(47)15-13-33(45)31-3-1-2-4-32(31)34(46)14-16-36(48)42-19-23-44(24-20-42)38(50)30-11-7-28(26-40)8-12-30/h1-4,27-30H,5-12,17-26,39-40H2. The fourth-order valence-corrected chi connectivity index (χ4v) is 7.46. The van der Waals surface area contributed by atoms with Crippen LogP contribution in [0.25, 0.3) is 0 Å². The van der Waals surface area contributed by atoms with E-state index in [1.54, 1.807) is 21.9 Å². The summed E-state index contributed by atoms with van der Waals surface area (Å²) in [4.78, 5) is 84.3. The Bertz CT molecular complexity index is 1450. The molecule has 1 aromatic carbocycles. The van der Waals surface area contributed by atoms with Gasteiger partial charge in [-0.25, -0.2) is 0 Å². The van der Waals surface area contributed by atoms with Crippen molar-refractivity contribution in [2.24, 2.45) is 35.1 Å². The molecule has 1 aromatic rings. The predicted octanol–water partition coefficient (Wildman–Crippen LogP) is 0.931. The molecule has 4 amide bonds. The number of benzene rings is 1. The van der Waals surface area contributed by atoms with E-state index in [2.05, 4.69) is 23.7 Å². The predicted molar refractivity (Wildman–Crippen MR) is 186 cm³/mol. The van der Waals surface area contributed by atoms with E-state index in [-0.39, 0.29) is 34.8 Å². The number of hydrogen-bond acceptors (Lipinski definition) is 8. The van der Waals surface area contributed by atoms with Crippen molar-refractivity contribution in [1.29, 1.82) is 0 Å². The molecule has 4 N–H and O–H groups in total. The molecule has 2 saturated carbocycles. The third-order valence-electron chi connectivity index (χ3n) is 10.8. The lowest BCUT2D eigenvalue weighted by Gasteiger charge is -2.37. The van der Waals surface area contributed by atoms with Crippen LogP contribution in [0.5, 0.6) is 0 Å². The molecule has 0 unspecified atom stereocenters. The summed E-state index contributed by atoms with van der Waals surface area (Å²) in [5.74, 6) is 8.30. The number of rotatable bonds is 6. The van der Waals surface area contributed by atoms with Gasteiger partial charge in [-0.1, -0.05) is 12.1 Å². The first-order valence-electron chi connectivity index (χ1n) is 18.0. The van der Waals surface area contributed by atoms with Crippen molar-refractivity contribution in [1.82, 2.24) is 19.6 Å². The minimum atomic E-state index is -0.713. The number of hydrogen-bond donors (Lipinski definition) is 2. The summed E-state index contributed by atoms with van der Waals surface area (Å²) in [5, 5.41) is 0. The lowest BCUT2D eigenvalue weighted by Crippen LogP contribution is -2.52. The van der Waals surface area contributed by atoms with E-state index in [4.69, 9.17) is 11.5 Å². The van der Waals surface area contributed by atoms with E-state index in [0.717, 1.165) is 51.4 Å². The summed E-state index contributed by atoms with van der Waals surface area (Å²) in [6, 6.07) is 6.02. The fourth-order valence-electron chi connectivity index (χ4n) is 7.46. The summed E-state index contributed by atoms with van der Waals surface area (Å²) in [6.07, 6.45) is 7.24. The Kier molecular flexibility index (Phi) is 12.8. The van der Waals surface area contributed by atoms with Crippen LogP contribution >= 0.6 is 0 Å². The summed E-state index contributed by atoms with van der Waals surface area (Å²) in [6.45, 7) is 4.26. The zero-order valence-electron chi connectivity index (χ0n) is 28.7. The molecule has 0 spiro atoms. The van der Waals surface area contributed by atoms with Gasteiger partial charge in [0.25, 0.3) is 11.8 Å². The Labute approximate surface area is 294 Å². The van der Waals surface area contributed by atoms with Gasteiger partial charge in [0, 0.05) is 87.2 Å². The second-order valence-electron chi connectivity index (χ2n) is 13.8. The van der Waals surface area contributed by atoms with E-state index in [0.29, 0.717) is 77.3 Å². The second kappa shape index (κ2) is 17.4. The van der Waals surface area contributed by atoms with E-state index in [1.165, 1.54) is 21.9 Å². The number of carbonyl (C=O) groups is 6. The van der Waals surface area contributed by atoms with E-state index in [1.807, 2.05) is 0 Å². The number of amides is 4. The van der Waals surface area contributed by atoms with Crippen molar-refractivity contribution in [2.45, 2.75) is 51.4 Å². The van der Waals surface area contributed by atoms with Gasteiger partial charge in [-0.3, -0.25) is 28.8 Å². The molecular formula is C38H48N6O6. The average Bonchev–Trinajstić information content (AvgIpc) is 3.18. The van der Waals surface area contributed by atoms with Gasteiger partial charge in [0.05, 0.1) is 0 Å². The molecule has 5 rings (SSSR count). The van der Waals surface area contributed by atoms with Gasteiger partial charge in [0.2, 0.25) is 23.4 Å². The monoisotopic (exact) mass is 684 g/mol. The lowest BCUT2D eigenvalue weighted by molar-refractivity contribution is -0.141. The first-order chi connectivity index (χ1) is 24.2. The van der Waals surface area contributed by atoms with Crippen LogP contribution in [-0.2, 0) is 19.2 Å². The smallest absolute Gasteiger partial charge is 0.299 e.